The maximum Gasteiger partial charge on any atom is 0.196 e. The molecule has 4 aromatic rings. The molecule has 4 aromatic carbocycles. The molecule has 0 atom stereocenters. The van der Waals surface area contributed by atoms with E-state index in [1.807, 2.05) is 102 Å². The summed E-state index contributed by atoms with van der Waals surface area (Å²) in [7, 11) is 0. The molecule has 5 rings (SSSR count). The zero-order valence-electron chi connectivity index (χ0n) is 23.7. The second-order valence-electron chi connectivity index (χ2n) is 11.8. The van der Waals surface area contributed by atoms with Crippen molar-refractivity contribution in [1.29, 1.82) is 0 Å². The van der Waals surface area contributed by atoms with Crippen molar-refractivity contribution in [2.45, 2.75) is 52.7 Å². The molecule has 0 saturated heterocycles. The van der Waals surface area contributed by atoms with Gasteiger partial charge in [0.25, 0.3) is 0 Å². The van der Waals surface area contributed by atoms with Crippen LogP contribution in [0.1, 0.15) is 73.4 Å². The quantitative estimate of drug-likeness (QED) is 0.228. The second kappa shape index (κ2) is 10.2. The van der Waals surface area contributed by atoms with E-state index in [2.05, 4.69) is 10.6 Å². The topological polar surface area (TPSA) is 76.7 Å². The summed E-state index contributed by atoms with van der Waals surface area (Å²) in [5, 5.41) is 6.70. The number of benzene rings is 4. The van der Waals surface area contributed by atoms with E-state index in [9.17, 15) is 9.59 Å². The molecular weight excluding hydrogens is 500 g/mol. The lowest BCUT2D eigenvalue weighted by molar-refractivity contribution is 0.0980. The van der Waals surface area contributed by atoms with Gasteiger partial charge in [0, 0.05) is 22.5 Å². The largest absolute Gasteiger partial charge is 0.488 e. The van der Waals surface area contributed by atoms with Crippen LogP contribution in [0.2, 0.25) is 0 Å². The predicted octanol–water partition coefficient (Wildman–Crippen LogP) is 8.30. The zero-order chi connectivity index (χ0) is 28.7. The van der Waals surface area contributed by atoms with Crippen LogP contribution in [-0.2, 0) is 0 Å². The monoisotopic (exact) mass is 534 g/mol. The van der Waals surface area contributed by atoms with Crippen molar-refractivity contribution in [3.8, 4) is 11.5 Å². The fourth-order valence-corrected chi connectivity index (χ4v) is 4.66. The summed E-state index contributed by atoms with van der Waals surface area (Å²) in [5.41, 5.74) is 3.55. The van der Waals surface area contributed by atoms with Crippen LogP contribution in [-0.4, -0.2) is 22.8 Å². The number of ether oxygens (including phenoxy) is 2. The molecule has 0 amide bonds. The molecule has 1 aliphatic carbocycles. The molecule has 0 aromatic heterocycles. The van der Waals surface area contributed by atoms with Crippen molar-refractivity contribution in [3.05, 3.63) is 107 Å². The molecule has 0 radical (unpaired) electrons. The van der Waals surface area contributed by atoms with E-state index in [0.29, 0.717) is 33.6 Å². The van der Waals surface area contributed by atoms with Crippen LogP contribution in [0.4, 0.5) is 22.7 Å². The van der Waals surface area contributed by atoms with E-state index < -0.39 is 0 Å². The Bertz CT molecular complexity index is 1460. The number of ketones is 2. The van der Waals surface area contributed by atoms with Crippen LogP contribution in [0.5, 0.6) is 11.5 Å². The lowest BCUT2D eigenvalue weighted by Crippen LogP contribution is -2.23. The van der Waals surface area contributed by atoms with Gasteiger partial charge in [0.05, 0.1) is 22.5 Å². The first-order chi connectivity index (χ1) is 18.9. The molecule has 204 valence electrons. The Kier molecular flexibility index (Phi) is 6.88. The number of hydrogen-bond donors (Lipinski definition) is 2. The number of rotatable bonds is 6. The Morgan fingerprint density at radius 2 is 0.850 bits per heavy atom. The average Bonchev–Trinajstić information content (AvgIpc) is 2.88. The molecule has 0 saturated carbocycles. The van der Waals surface area contributed by atoms with Gasteiger partial charge in [-0.1, -0.05) is 24.3 Å². The lowest BCUT2D eigenvalue weighted by atomic mass is 9.82. The van der Waals surface area contributed by atoms with Crippen molar-refractivity contribution < 1.29 is 19.1 Å². The van der Waals surface area contributed by atoms with Gasteiger partial charge < -0.3 is 20.1 Å². The minimum atomic E-state index is -0.309. The van der Waals surface area contributed by atoms with Crippen LogP contribution in [0, 0.1) is 0 Å². The predicted molar refractivity (Wildman–Crippen MR) is 160 cm³/mol. The van der Waals surface area contributed by atoms with Crippen LogP contribution in [0.25, 0.3) is 0 Å². The highest BCUT2D eigenvalue weighted by atomic mass is 16.5. The molecule has 1 aliphatic rings. The van der Waals surface area contributed by atoms with Crippen LogP contribution < -0.4 is 20.1 Å². The first kappa shape index (κ1) is 27.0. The Hall–Kier alpha value is -4.58. The molecular formula is C34H34N2O4. The normalized spacial score (nSPS) is 12.8. The van der Waals surface area contributed by atoms with Gasteiger partial charge in [0.1, 0.15) is 22.7 Å². The van der Waals surface area contributed by atoms with E-state index in [-0.39, 0.29) is 22.8 Å². The number of anilines is 4. The lowest BCUT2D eigenvalue weighted by Gasteiger charge is -2.24. The Morgan fingerprint density at radius 3 is 1.18 bits per heavy atom. The highest BCUT2D eigenvalue weighted by Gasteiger charge is 2.34. The Morgan fingerprint density at radius 1 is 0.500 bits per heavy atom. The zero-order valence-corrected chi connectivity index (χ0v) is 23.7. The number of fused-ring (bicyclic) bond motifs is 2. The fraction of sp³-hybridized carbons (Fsp3) is 0.235. The molecule has 6 heteroatoms. The molecule has 0 aliphatic heterocycles. The summed E-state index contributed by atoms with van der Waals surface area (Å²) in [5.74, 6) is 1.10. The first-order valence-corrected chi connectivity index (χ1v) is 13.4. The maximum atomic E-state index is 13.8. The molecule has 2 N–H and O–H groups in total. The van der Waals surface area contributed by atoms with Gasteiger partial charge in [-0.25, -0.2) is 0 Å². The van der Waals surface area contributed by atoms with Crippen molar-refractivity contribution in [2.24, 2.45) is 0 Å². The van der Waals surface area contributed by atoms with Gasteiger partial charge in [-0.05, 0) is 102 Å². The van der Waals surface area contributed by atoms with Crippen LogP contribution >= 0.6 is 0 Å². The molecule has 0 heterocycles. The average molecular weight is 535 g/mol. The van der Waals surface area contributed by atoms with Gasteiger partial charge in [0.2, 0.25) is 0 Å². The van der Waals surface area contributed by atoms with Gasteiger partial charge in [0.15, 0.2) is 11.6 Å². The van der Waals surface area contributed by atoms with Gasteiger partial charge in [-0.15, -0.1) is 0 Å². The summed E-state index contributed by atoms with van der Waals surface area (Å²) >= 11 is 0. The Balaban J connectivity index is 1.51. The number of nitrogens with one attached hydrogen (secondary N) is 2. The highest BCUT2D eigenvalue weighted by Crippen LogP contribution is 2.39. The highest BCUT2D eigenvalue weighted by molar-refractivity contribution is 6.32. The minimum Gasteiger partial charge on any atom is -0.488 e. The first-order valence-electron chi connectivity index (χ1n) is 13.4. The maximum absolute atomic E-state index is 13.8. The molecule has 6 nitrogen and oxygen atoms in total. The third-order valence-electron chi connectivity index (χ3n) is 6.19. The van der Waals surface area contributed by atoms with E-state index in [1.165, 1.54) is 0 Å². The van der Waals surface area contributed by atoms with Gasteiger partial charge in [-0.2, -0.15) is 0 Å². The minimum absolute atomic E-state index is 0.196. The Labute approximate surface area is 235 Å². The summed E-state index contributed by atoms with van der Waals surface area (Å²) in [4.78, 5) is 27.6. The fourth-order valence-electron chi connectivity index (χ4n) is 4.66. The van der Waals surface area contributed by atoms with E-state index in [0.717, 1.165) is 22.9 Å². The van der Waals surface area contributed by atoms with Gasteiger partial charge in [-0.3, -0.25) is 9.59 Å². The smallest absolute Gasteiger partial charge is 0.196 e. The standard InChI is InChI=1S/C34H34N2O4/c1-33(2,3)39-23-15-11-21(12-16-23)35-27-19-20-28(36-22-13-17-24(18-14-22)40-34(4,5)6)30-29(27)31(37)25-9-7-8-10-26(25)32(30)38/h7-20,35-36H,1-6H3. The number of carbonyl (C=O) groups excluding carboxylic acids is 2. The van der Waals surface area contributed by atoms with Crippen molar-refractivity contribution >= 4 is 34.3 Å². The van der Waals surface area contributed by atoms with Gasteiger partial charge >= 0.3 is 0 Å². The van der Waals surface area contributed by atoms with Crippen molar-refractivity contribution in [1.82, 2.24) is 0 Å². The van der Waals surface area contributed by atoms with Crippen molar-refractivity contribution in [2.75, 3.05) is 10.6 Å². The van der Waals surface area contributed by atoms with Crippen molar-refractivity contribution in [3.63, 3.8) is 0 Å². The molecule has 0 unspecified atom stereocenters. The van der Waals surface area contributed by atoms with Crippen LogP contribution in [0.3, 0.4) is 0 Å². The molecule has 0 bridgehead atoms. The third-order valence-corrected chi connectivity index (χ3v) is 6.19. The number of carbonyl (C=O) groups is 2. The third kappa shape index (κ3) is 5.86. The molecule has 0 fully saturated rings. The van der Waals surface area contributed by atoms with E-state index in [4.69, 9.17) is 9.47 Å². The molecule has 0 spiro atoms. The summed E-state index contributed by atoms with van der Waals surface area (Å²) < 4.78 is 11.9. The second-order valence-corrected chi connectivity index (χ2v) is 11.8. The summed E-state index contributed by atoms with van der Waals surface area (Å²) in [6, 6.07) is 25.7. The summed E-state index contributed by atoms with van der Waals surface area (Å²) in [6.07, 6.45) is 0. The van der Waals surface area contributed by atoms with Crippen LogP contribution in [0.15, 0.2) is 84.9 Å². The molecule has 40 heavy (non-hydrogen) atoms. The van der Waals surface area contributed by atoms with E-state index >= 15 is 0 Å². The van der Waals surface area contributed by atoms with E-state index in [1.54, 1.807) is 24.3 Å². The summed E-state index contributed by atoms with van der Waals surface area (Å²) in [6.45, 7) is 12.0. The SMILES string of the molecule is CC(C)(C)Oc1ccc(Nc2ccc(Nc3ccc(OC(C)(C)C)cc3)c3c2C(=O)c2ccccc2C3=O)cc1. The number of hydrogen-bond acceptors (Lipinski definition) is 6.